The third kappa shape index (κ3) is 8.17. The van der Waals surface area contributed by atoms with Crippen molar-refractivity contribution in [3.63, 3.8) is 0 Å². The number of amides is 1. The van der Waals surface area contributed by atoms with Gasteiger partial charge in [-0.2, -0.15) is 0 Å². The molecule has 6 nitrogen and oxygen atoms in total. The number of likely N-dealkylation sites (N-methyl/N-ethyl adjacent to an activating group) is 1. The van der Waals surface area contributed by atoms with E-state index in [4.69, 9.17) is 4.74 Å². The van der Waals surface area contributed by atoms with Gasteiger partial charge in [0.15, 0.2) is 12.6 Å². The second-order valence-electron chi connectivity index (χ2n) is 6.02. The van der Waals surface area contributed by atoms with Gasteiger partial charge in [0.05, 0.1) is 6.54 Å². The summed E-state index contributed by atoms with van der Waals surface area (Å²) in [7, 11) is 5.17. The summed E-state index contributed by atoms with van der Waals surface area (Å²) in [5.41, 5.74) is 1.05. The minimum atomic E-state index is -0.0676. The minimum Gasteiger partial charge on any atom is -0.484 e. The first-order valence-electron chi connectivity index (χ1n) is 8.39. The topological polar surface area (TPSA) is 66.0 Å². The highest BCUT2D eigenvalue weighted by Gasteiger charge is 2.06. The number of ether oxygens (including phenoxy) is 1. The van der Waals surface area contributed by atoms with Crippen LogP contribution in [-0.2, 0) is 17.9 Å². The number of nitrogens with zero attached hydrogens (tertiary/aromatic N) is 2. The molecule has 0 fully saturated rings. The maximum atomic E-state index is 11.6. The summed E-state index contributed by atoms with van der Waals surface area (Å²) in [5.74, 6) is 1.35. The molecule has 0 aliphatic heterocycles. The molecule has 148 valence electrons. The van der Waals surface area contributed by atoms with Crippen LogP contribution in [0.3, 0.4) is 0 Å². The molecule has 0 radical (unpaired) electrons. The normalized spacial score (nSPS) is 10.7. The second kappa shape index (κ2) is 11.8. The molecule has 8 heteroatoms. The highest BCUT2D eigenvalue weighted by atomic mass is 127. The molecule has 0 saturated carbocycles. The Morgan fingerprint density at radius 2 is 1.93 bits per heavy atom. The lowest BCUT2D eigenvalue weighted by atomic mass is 10.2. The molecule has 1 aromatic carbocycles. The van der Waals surface area contributed by atoms with Crippen molar-refractivity contribution >= 4 is 47.2 Å². The third-order valence-electron chi connectivity index (χ3n) is 3.67. The zero-order chi connectivity index (χ0) is 18.9. The van der Waals surface area contributed by atoms with Crippen LogP contribution in [0.1, 0.15) is 15.3 Å². The van der Waals surface area contributed by atoms with E-state index in [1.165, 1.54) is 14.7 Å². The van der Waals surface area contributed by atoms with Gasteiger partial charge in [0.1, 0.15) is 5.75 Å². The molecular weight excluding hydrogens is 475 g/mol. The zero-order valence-electron chi connectivity index (χ0n) is 16.1. The average Bonchev–Trinajstić information content (AvgIpc) is 3.05. The van der Waals surface area contributed by atoms with Gasteiger partial charge in [-0.15, -0.1) is 35.3 Å². The van der Waals surface area contributed by atoms with Crippen LogP contribution < -0.4 is 15.4 Å². The summed E-state index contributed by atoms with van der Waals surface area (Å²) in [5, 5.41) is 6.59. The van der Waals surface area contributed by atoms with E-state index in [9.17, 15) is 4.79 Å². The van der Waals surface area contributed by atoms with Crippen molar-refractivity contribution in [1.82, 2.24) is 15.5 Å². The Bertz CT molecular complexity index is 762. The van der Waals surface area contributed by atoms with Crippen LogP contribution in [0, 0.1) is 6.92 Å². The van der Waals surface area contributed by atoms with E-state index in [2.05, 4.69) is 34.7 Å². The van der Waals surface area contributed by atoms with Gasteiger partial charge >= 0.3 is 0 Å². The Labute approximate surface area is 182 Å². The van der Waals surface area contributed by atoms with Crippen LogP contribution in [0.25, 0.3) is 0 Å². The first-order valence-corrected chi connectivity index (χ1v) is 9.21. The van der Waals surface area contributed by atoms with Gasteiger partial charge in [0.25, 0.3) is 5.91 Å². The van der Waals surface area contributed by atoms with Crippen molar-refractivity contribution in [3.8, 4) is 5.75 Å². The molecule has 2 N–H and O–H groups in total. The Hall–Kier alpha value is -1.81. The van der Waals surface area contributed by atoms with Gasteiger partial charge < -0.3 is 20.3 Å². The van der Waals surface area contributed by atoms with Crippen molar-refractivity contribution in [1.29, 1.82) is 0 Å². The van der Waals surface area contributed by atoms with Gasteiger partial charge in [-0.25, -0.2) is 0 Å². The van der Waals surface area contributed by atoms with Crippen LogP contribution >= 0.6 is 35.3 Å². The maximum Gasteiger partial charge on any atom is 0.259 e. The molecule has 2 rings (SSSR count). The molecule has 0 atom stereocenters. The van der Waals surface area contributed by atoms with Gasteiger partial charge in [0.2, 0.25) is 0 Å². The number of nitrogens with one attached hydrogen (secondary N) is 2. The number of carbonyl (C=O) groups is 1. The van der Waals surface area contributed by atoms with E-state index < -0.39 is 0 Å². The number of hydrogen-bond donors (Lipinski definition) is 2. The fourth-order valence-electron chi connectivity index (χ4n) is 2.18. The highest BCUT2D eigenvalue weighted by molar-refractivity contribution is 14.0. The molecule has 0 unspecified atom stereocenters. The average molecular weight is 502 g/mol. The molecule has 1 heterocycles. The summed E-state index contributed by atoms with van der Waals surface area (Å²) in [6, 6.07) is 11.9. The lowest BCUT2D eigenvalue weighted by Gasteiger charge is -2.13. The van der Waals surface area contributed by atoms with Gasteiger partial charge in [-0.1, -0.05) is 12.1 Å². The van der Waals surface area contributed by atoms with Crippen molar-refractivity contribution < 1.29 is 9.53 Å². The van der Waals surface area contributed by atoms with E-state index >= 15 is 0 Å². The summed E-state index contributed by atoms with van der Waals surface area (Å²) in [4.78, 5) is 19.9. The lowest BCUT2D eigenvalue weighted by Crippen LogP contribution is -2.36. The van der Waals surface area contributed by atoms with Crippen molar-refractivity contribution in [2.45, 2.75) is 20.0 Å². The molecule has 0 saturated heterocycles. The number of thiophene rings is 1. The molecule has 0 spiro atoms. The predicted octanol–water partition coefficient (Wildman–Crippen LogP) is 3.01. The predicted molar refractivity (Wildman–Crippen MR) is 122 cm³/mol. The quantitative estimate of drug-likeness (QED) is 0.347. The maximum absolute atomic E-state index is 11.6. The number of rotatable bonds is 7. The SMILES string of the molecule is CN=C(NCc1cccc(OCC(=O)N(C)C)c1)NCc1ccc(C)s1.I. The standard InChI is InChI=1S/C19H26N4O2S.HI/c1-14-8-9-17(26-14)12-22-19(20-2)21-11-15-6-5-7-16(10-15)25-13-18(24)23(3)4;/h5-10H,11-13H2,1-4H3,(H2,20,21,22);1H. The third-order valence-corrected chi connectivity index (χ3v) is 4.67. The molecule has 0 aliphatic rings. The molecule has 0 aliphatic carbocycles. The van der Waals surface area contributed by atoms with Crippen LogP contribution in [-0.4, -0.2) is 44.5 Å². The van der Waals surface area contributed by atoms with E-state index in [0.29, 0.717) is 12.3 Å². The Morgan fingerprint density at radius 3 is 2.56 bits per heavy atom. The summed E-state index contributed by atoms with van der Waals surface area (Å²) < 4.78 is 5.55. The number of carbonyl (C=O) groups excluding carboxylic acids is 1. The van der Waals surface area contributed by atoms with Crippen molar-refractivity contribution in [2.24, 2.45) is 4.99 Å². The van der Waals surface area contributed by atoms with Crippen molar-refractivity contribution in [2.75, 3.05) is 27.7 Å². The number of benzene rings is 1. The number of guanidine groups is 1. The molecule has 27 heavy (non-hydrogen) atoms. The van der Waals surface area contributed by atoms with E-state index in [-0.39, 0.29) is 36.5 Å². The summed E-state index contributed by atoms with van der Waals surface area (Å²) in [6.07, 6.45) is 0. The fraction of sp³-hybridized carbons (Fsp3) is 0.368. The number of halogens is 1. The second-order valence-corrected chi connectivity index (χ2v) is 7.39. The van der Waals surface area contributed by atoms with Gasteiger partial charge in [-0.3, -0.25) is 9.79 Å². The van der Waals surface area contributed by atoms with E-state index in [1.54, 1.807) is 32.5 Å². The zero-order valence-corrected chi connectivity index (χ0v) is 19.3. The van der Waals surface area contributed by atoms with Crippen LogP contribution in [0.5, 0.6) is 5.75 Å². The Morgan fingerprint density at radius 1 is 1.19 bits per heavy atom. The van der Waals surface area contributed by atoms with Crippen LogP contribution in [0.4, 0.5) is 0 Å². The largest absolute Gasteiger partial charge is 0.484 e. The smallest absolute Gasteiger partial charge is 0.259 e. The number of hydrogen-bond acceptors (Lipinski definition) is 4. The molecule has 0 bridgehead atoms. The molecule has 1 amide bonds. The van der Waals surface area contributed by atoms with Crippen LogP contribution in [0.2, 0.25) is 0 Å². The Balaban J connectivity index is 0.00000364. The highest BCUT2D eigenvalue weighted by Crippen LogP contribution is 2.15. The molecule has 2 aromatic rings. The first kappa shape index (κ1) is 23.2. The van der Waals surface area contributed by atoms with Gasteiger partial charge in [-0.05, 0) is 36.8 Å². The number of aryl methyl sites for hydroxylation is 1. The molecule has 1 aromatic heterocycles. The lowest BCUT2D eigenvalue weighted by molar-refractivity contribution is -0.130. The van der Waals surface area contributed by atoms with Gasteiger partial charge in [0, 0.05) is 37.4 Å². The van der Waals surface area contributed by atoms with E-state index in [0.717, 1.165) is 18.1 Å². The Kier molecular flexibility index (Phi) is 10.2. The monoisotopic (exact) mass is 502 g/mol. The number of aliphatic imine (C=N–C) groups is 1. The minimum absolute atomic E-state index is 0. The van der Waals surface area contributed by atoms with E-state index in [1.807, 2.05) is 24.3 Å². The van der Waals surface area contributed by atoms with Crippen LogP contribution in [0.15, 0.2) is 41.4 Å². The summed E-state index contributed by atoms with van der Waals surface area (Å²) >= 11 is 1.77. The van der Waals surface area contributed by atoms with Crippen molar-refractivity contribution in [3.05, 3.63) is 51.7 Å². The summed E-state index contributed by atoms with van der Waals surface area (Å²) in [6.45, 7) is 3.49. The fourth-order valence-corrected chi connectivity index (χ4v) is 3.01. The molecular formula is C19H27IN4O2S. The first-order chi connectivity index (χ1) is 12.5.